The molecule has 3 aliphatic rings. The molecule has 4 heterocycles. The second-order valence-electron chi connectivity index (χ2n) is 12.0. The molecule has 12 heteroatoms. The first-order valence-electron chi connectivity index (χ1n) is 15.7. The van der Waals surface area contributed by atoms with Gasteiger partial charge in [-0.25, -0.2) is 4.98 Å². The number of methoxy groups -OCH3 is 2. The number of nitrogens with one attached hydrogen (secondary N) is 2. The number of piperidine rings is 1. The molecule has 0 spiro atoms. The lowest BCUT2D eigenvalue weighted by Crippen LogP contribution is -2.56. The number of benzene rings is 2. The third-order valence-corrected chi connectivity index (χ3v) is 10.8. The number of rotatable bonds is 11. The summed E-state index contributed by atoms with van der Waals surface area (Å²) in [5.41, 5.74) is 4.32. The second kappa shape index (κ2) is 14.3. The number of aryl methyl sites for hydroxylation is 1. The van der Waals surface area contributed by atoms with E-state index in [-0.39, 0.29) is 0 Å². The monoisotopic (exact) mass is 698 g/mol. The molecule has 0 amide bonds. The van der Waals surface area contributed by atoms with E-state index in [0.717, 1.165) is 64.5 Å². The van der Waals surface area contributed by atoms with Crippen molar-refractivity contribution in [2.75, 3.05) is 89.1 Å². The summed E-state index contributed by atoms with van der Waals surface area (Å²) in [6.45, 7) is 13.0. The molecule has 0 radical (unpaired) electrons. The van der Waals surface area contributed by atoms with Gasteiger partial charge in [0.25, 0.3) is 0 Å². The van der Waals surface area contributed by atoms with Crippen LogP contribution in [0, 0.1) is 5.92 Å². The molecule has 6 rings (SSSR count). The zero-order valence-electron chi connectivity index (χ0n) is 26.9. The lowest BCUT2D eigenvalue weighted by molar-refractivity contribution is -0.000668. The Labute approximate surface area is 276 Å². The van der Waals surface area contributed by atoms with Crippen LogP contribution in [0.5, 0.6) is 17.2 Å². The van der Waals surface area contributed by atoms with E-state index in [0.29, 0.717) is 36.9 Å². The number of aromatic nitrogens is 2. The van der Waals surface area contributed by atoms with Crippen LogP contribution in [-0.4, -0.2) is 94.5 Å². The predicted octanol–water partition coefficient (Wildman–Crippen LogP) is 5.98. The van der Waals surface area contributed by atoms with E-state index < -0.39 is 7.92 Å². The van der Waals surface area contributed by atoms with Gasteiger partial charge in [-0.1, -0.05) is 14.8 Å². The minimum Gasteiger partial charge on any atom is -0.494 e. The molecule has 0 aliphatic carbocycles. The summed E-state index contributed by atoms with van der Waals surface area (Å²) in [4.78, 5) is 14.6. The van der Waals surface area contributed by atoms with Crippen molar-refractivity contribution in [2.45, 2.75) is 32.2 Å². The molecular formula is C33H44BrN6O4P. The van der Waals surface area contributed by atoms with E-state index in [1.165, 1.54) is 37.2 Å². The molecule has 3 aromatic rings. The van der Waals surface area contributed by atoms with Gasteiger partial charge in [0.1, 0.15) is 24.8 Å². The van der Waals surface area contributed by atoms with Crippen LogP contribution in [0.1, 0.15) is 25.3 Å². The van der Waals surface area contributed by atoms with Gasteiger partial charge in [-0.05, 0) is 72.3 Å². The fraction of sp³-hybridized carbons (Fsp3) is 0.515. The van der Waals surface area contributed by atoms with Crippen molar-refractivity contribution in [3.05, 3.63) is 40.5 Å². The van der Waals surface area contributed by atoms with Crippen molar-refractivity contribution in [1.82, 2.24) is 14.9 Å². The summed E-state index contributed by atoms with van der Waals surface area (Å²) >= 11 is 3.64. The van der Waals surface area contributed by atoms with Gasteiger partial charge in [0, 0.05) is 68.5 Å². The van der Waals surface area contributed by atoms with E-state index in [1.54, 1.807) is 20.4 Å². The SMILES string of the molecule is CCc1cc(Nc2ncc(Br)c(Nc3ccc4c(c3P(C)C)OCCO4)n2)c(OC)cc1N1CCC(N2CC(COC)C2)CC1. The molecule has 0 bridgehead atoms. The van der Waals surface area contributed by atoms with Gasteiger partial charge >= 0.3 is 0 Å². The number of ether oxygens (including phenoxy) is 4. The van der Waals surface area contributed by atoms with E-state index in [4.69, 9.17) is 23.9 Å². The number of halogens is 1. The smallest absolute Gasteiger partial charge is 0.229 e. The van der Waals surface area contributed by atoms with Gasteiger partial charge in [-0.2, -0.15) is 4.98 Å². The lowest BCUT2D eigenvalue weighted by atomic mass is 9.93. The standard InChI is InChI=1S/C33H44BrN6O4P/c1-6-22-15-26(29(42-3)16-27(22)39-11-9-23(10-12-39)40-18-21(19-40)20-41-2)37-33-35-17-24(34)32(38-33)36-25-7-8-28-30(31(25)45(4)5)44-14-13-43-28/h7-8,15-17,21,23H,6,9-14,18-20H2,1-5H3,(H2,35,36,37,38). The minimum absolute atomic E-state index is 0.477. The van der Waals surface area contributed by atoms with Crippen LogP contribution in [0.2, 0.25) is 0 Å². The summed E-state index contributed by atoms with van der Waals surface area (Å²) in [7, 11) is 3.03. The van der Waals surface area contributed by atoms with Crippen LogP contribution in [-0.2, 0) is 11.2 Å². The largest absolute Gasteiger partial charge is 0.494 e. The van der Waals surface area contributed by atoms with Gasteiger partial charge in [-0.3, -0.25) is 4.90 Å². The molecule has 2 N–H and O–H groups in total. The summed E-state index contributed by atoms with van der Waals surface area (Å²) < 4.78 is 23.9. The van der Waals surface area contributed by atoms with Crippen LogP contribution >= 0.6 is 23.9 Å². The number of anilines is 5. The number of nitrogens with zero attached hydrogens (tertiary/aromatic N) is 4. The summed E-state index contributed by atoms with van der Waals surface area (Å²) in [5, 5.41) is 8.08. The number of hydrogen-bond donors (Lipinski definition) is 2. The molecule has 0 atom stereocenters. The Morgan fingerprint density at radius 3 is 2.53 bits per heavy atom. The highest BCUT2D eigenvalue weighted by molar-refractivity contribution is 9.10. The van der Waals surface area contributed by atoms with Gasteiger partial charge in [0.05, 0.1) is 29.6 Å². The Morgan fingerprint density at radius 2 is 1.82 bits per heavy atom. The van der Waals surface area contributed by atoms with E-state index in [9.17, 15) is 0 Å². The molecule has 0 saturated carbocycles. The molecule has 3 aliphatic heterocycles. The Balaban J connectivity index is 1.18. The Bertz CT molecular complexity index is 1500. The number of fused-ring (bicyclic) bond motifs is 1. The zero-order valence-corrected chi connectivity index (χ0v) is 29.3. The van der Waals surface area contributed by atoms with Gasteiger partial charge in [-0.15, -0.1) is 0 Å². The van der Waals surface area contributed by atoms with Crippen molar-refractivity contribution in [3.63, 3.8) is 0 Å². The van der Waals surface area contributed by atoms with Gasteiger partial charge in [0.2, 0.25) is 5.95 Å². The molecule has 2 saturated heterocycles. The quantitative estimate of drug-likeness (QED) is 0.233. The fourth-order valence-corrected chi connectivity index (χ4v) is 8.07. The average molecular weight is 700 g/mol. The molecule has 2 aromatic carbocycles. The summed E-state index contributed by atoms with van der Waals surface area (Å²) in [5.74, 6) is 4.21. The average Bonchev–Trinajstić information content (AvgIpc) is 3.03. The number of likely N-dealkylation sites (tertiary alicyclic amines) is 1. The lowest BCUT2D eigenvalue weighted by Gasteiger charge is -2.47. The first-order valence-corrected chi connectivity index (χ1v) is 18.8. The normalized spacial score (nSPS) is 17.4. The molecule has 1 aromatic heterocycles. The molecule has 2 fully saturated rings. The Morgan fingerprint density at radius 1 is 1.04 bits per heavy atom. The van der Waals surface area contributed by atoms with Crippen LogP contribution in [0.25, 0.3) is 0 Å². The third-order valence-electron chi connectivity index (χ3n) is 8.86. The molecule has 45 heavy (non-hydrogen) atoms. The Hall–Kier alpha value is -2.85. The van der Waals surface area contributed by atoms with Crippen molar-refractivity contribution in [3.8, 4) is 17.2 Å². The molecule has 10 nitrogen and oxygen atoms in total. The highest BCUT2D eigenvalue weighted by Crippen LogP contribution is 2.42. The van der Waals surface area contributed by atoms with Gasteiger partial charge < -0.3 is 34.5 Å². The van der Waals surface area contributed by atoms with E-state index in [2.05, 4.69) is 73.7 Å². The topological polar surface area (TPSA) is 93.2 Å². The van der Waals surface area contributed by atoms with Crippen LogP contribution in [0.15, 0.2) is 34.9 Å². The zero-order chi connectivity index (χ0) is 31.5. The van der Waals surface area contributed by atoms with Crippen molar-refractivity contribution in [1.29, 1.82) is 0 Å². The van der Waals surface area contributed by atoms with Crippen LogP contribution in [0.4, 0.5) is 28.8 Å². The van der Waals surface area contributed by atoms with Crippen LogP contribution < -0.4 is 35.0 Å². The number of hydrogen-bond acceptors (Lipinski definition) is 10. The first-order chi connectivity index (χ1) is 21.9. The van der Waals surface area contributed by atoms with Crippen molar-refractivity contribution < 1.29 is 18.9 Å². The second-order valence-corrected chi connectivity index (χ2v) is 15.1. The van der Waals surface area contributed by atoms with Crippen molar-refractivity contribution >= 4 is 58.0 Å². The third kappa shape index (κ3) is 6.97. The van der Waals surface area contributed by atoms with E-state index >= 15 is 0 Å². The molecular weight excluding hydrogens is 655 g/mol. The van der Waals surface area contributed by atoms with E-state index in [1.807, 2.05) is 12.1 Å². The predicted molar refractivity (Wildman–Crippen MR) is 187 cm³/mol. The highest BCUT2D eigenvalue weighted by atomic mass is 79.9. The fourth-order valence-electron chi connectivity index (χ4n) is 6.59. The maximum absolute atomic E-state index is 6.03. The first kappa shape index (κ1) is 32.1. The summed E-state index contributed by atoms with van der Waals surface area (Å²) in [6, 6.07) is 9.01. The highest BCUT2D eigenvalue weighted by Gasteiger charge is 2.34. The van der Waals surface area contributed by atoms with Crippen LogP contribution in [0.3, 0.4) is 0 Å². The van der Waals surface area contributed by atoms with Gasteiger partial charge in [0.15, 0.2) is 11.5 Å². The molecule has 242 valence electrons. The maximum Gasteiger partial charge on any atom is 0.229 e. The minimum atomic E-state index is -0.482. The maximum atomic E-state index is 6.03. The molecule has 0 unspecified atom stereocenters. The Kier molecular flexibility index (Phi) is 10.2. The summed E-state index contributed by atoms with van der Waals surface area (Å²) in [6.07, 6.45) is 5.03. The van der Waals surface area contributed by atoms with Crippen molar-refractivity contribution in [2.24, 2.45) is 5.92 Å².